The van der Waals surface area contributed by atoms with Crippen molar-refractivity contribution in [1.82, 2.24) is 5.32 Å². The summed E-state index contributed by atoms with van der Waals surface area (Å²) in [5.74, 6) is -0.557. The molecule has 0 saturated heterocycles. The Hall–Kier alpha value is -1.75. The second kappa shape index (κ2) is 6.99. The Balaban J connectivity index is 2.81. The largest absolute Gasteiger partial charge is 0.496 e. The monoisotopic (exact) mass is 285 g/mol. The maximum absolute atomic E-state index is 12.0. The Bertz CT molecular complexity index is 476. The second-order valence-corrected chi connectivity index (χ2v) is 4.23. The van der Waals surface area contributed by atoms with Crippen LogP contribution < -0.4 is 10.1 Å². The minimum Gasteiger partial charge on any atom is -0.496 e. The number of amides is 1. The van der Waals surface area contributed by atoms with Crippen LogP contribution in [0.5, 0.6) is 5.75 Å². The van der Waals surface area contributed by atoms with Crippen molar-refractivity contribution in [3.05, 3.63) is 28.8 Å². The smallest absolute Gasteiger partial charge is 0.328 e. The van der Waals surface area contributed by atoms with Crippen LogP contribution in [0.15, 0.2) is 18.2 Å². The van der Waals surface area contributed by atoms with E-state index in [0.717, 1.165) is 0 Å². The highest BCUT2D eigenvalue weighted by Gasteiger charge is 2.19. The molecule has 1 aromatic rings. The van der Waals surface area contributed by atoms with Crippen molar-refractivity contribution in [2.24, 2.45) is 0 Å². The van der Waals surface area contributed by atoms with Gasteiger partial charge in [-0.3, -0.25) is 4.79 Å². The summed E-state index contributed by atoms with van der Waals surface area (Å²) in [4.78, 5) is 23.4. The van der Waals surface area contributed by atoms with Gasteiger partial charge in [0, 0.05) is 5.02 Å². The zero-order valence-corrected chi connectivity index (χ0v) is 11.8. The van der Waals surface area contributed by atoms with Crippen molar-refractivity contribution in [2.75, 3.05) is 13.7 Å². The first-order chi connectivity index (χ1) is 8.99. The van der Waals surface area contributed by atoms with Crippen LogP contribution in [0.1, 0.15) is 24.2 Å². The number of methoxy groups -OCH3 is 1. The van der Waals surface area contributed by atoms with Crippen LogP contribution in [0, 0.1) is 0 Å². The highest BCUT2D eigenvalue weighted by atomic mass is 35.5. The van der Waals surface area contributed by atoms with Crippen molar-refractivity contribution >= 4 is 23.5 Å². The summed E-state index contributed by atoms with van der Waals surface area (Å²) in [7, 11) is 1.44. The number of rotatable bonds is 5. The molecule has 0 aliphatic carbocycles. The molecule has 1 amide bonds. The van der Waals surface area contributed by atoms with Crippen molar-refractivity contribution in [1.29, 1.82) is 0 Å². The minimum atomic E-state index is -0.729. The molecule has 0 heterocycles. The maximum atomic E-state index is 12.0. The Morgan fingerprint density at radius 2 is 2.11 bits per heavy atom. The van der Waals surface area contributed by atoms with Crippen LogP contribution in [0.4, 0.5) is 0 Å². The summed E-state index contributed by atoms with van der Waals surface area (Å²) in [5.41, 5.74) is 0.308. The fourth-order valence-corrected chi connectivity index (χ4v) is 1.62. The fraction of sp³-hybridized carbons (Fsp3) is 0.385. The van der Waals surface area contributed by atoms with Crippen molar-refractivity contribution in [3.8, 4) is 5.75 Å². The molecule has 19 heavy (non-hydrogen) atoms. The van der Waals surface area contributed by atoms with Crippen molar-refractivity contribution < 1.29 is 19.1 Å². The van der Waals surface area contributed by atoms with Gasteiger partial charge in [-0.25, -0.2) is 4.79 Å². The molecule has 1 aromatic carbocycles. The molecular formula is C13H16ClNO4. The van der Waals surface area contributed by atoms with E-state index in [1.54, 1.807) is 19.9 Å². The molecule has 104 valence electrons. The molecule has 0 aliphatic rings. The van der Waals surface area contributed by atoms with Gasteiger partial charge in [-0.05, 0) is 32.0 Å². The van der Waals surface area contributed by atoms with Gasteiger partial charge in [-0.2, -0.15) is 0 Å². The van der Waals surface area contributed by atoms with Gasteiger partial charge in [-0.15, -0.1) is 0 Å². The predicted octanol–water partition coefficient (Wildman–Crippen LogP) is 2.03. The van der Waals surface area contributed by atoms with Gasteiger partial charge in [0.1, 0.15) is 11.8 Å². The number of nitrogens with one attached hydrogen (secondary N) is 1. The maximum Gasteiger partial charge on any atom is 0.328 e. The van der Waals surface area contributed by atoms with Gasteiger partial charge in [0.2, 0.25) is 0 Å². The first-order valence-corrected chi connectivity index (χ1v) is 6.18. The second-order valence-electron chi connectivity index (χ2n) is 3.79. The lowest BCUT2D eigenvalue weighted by Crippen LogP contribution is -2.39. The minimum absolute atomic E-state index is 0.267. The lowest BCUT2D eigenvalue weighted by Gasteiger charge is -2.14. The van der Waals surface area contributed by atoms with E-state index in [0.29, 0.717) is 16.3 Å². The Morgan fingerprint density at radius 1 is 1.42 bits per heavy atom. The molecule has 1 N–H and O–H groups in total. The van der Waals surface area contributed by atoms with Crippen LogP contribution >= 0.6 is 11.6 Å². The fourth-order valence-electron chi connectivity index (χ4n) is 1.45. The molecule has 0 spiro atoms. The molecule has 0 saturated carbocycles. The van der Waals surface area contributed by atoms with Gasteiger partial charge >= 0.3 is 5.97 Å². The Morgan fingerprint density at radius 3 is 2.68 bits per heavy atom. The lowest BCUT2D eigenvalue weighted by molar-refractivity contribution is -0.144. The van der Waals surface area contributed by atoms with Gasteiger partial charge in [0.15, 0.2) is 0 Å². The zero-order chi connectivity index (χ0) is 14.4. The summed E-state index contributed by atoms with van der Waals surface area (Å²) in [6.07, 6.45) is 0. The van der Waals surface area contributed by atoms with Gasteiger partial charge in [-0.1, -0.05) is 11.6 Å². The van der Waals surface area contributed by atoms with E-state index >= 15 is 0 Å². The van der Waals surface area contributed by atoms with Crippen LogP contribution in [0.3, 0.4) is 0 Å². The molecule has 0 fully saturated rings. The molecule has 0 bridgehead atoms. The molecule has 1 rings (SSSR count). The third kappa shape index (κ3) is 4.13. The quantitative estimate of drug-likeness (QED) is 0.841. The molecule has 0 aliphatic heterocycles. The van der Waals surface area contributed by atoms with Crippen molar-refractivity contribution in [3.63, 3.8) is 0 Å². The summed E-state index contributed by atoms with van der Waals surface area (Å²) < 4.78 is 9.89. The van der Waals surface area contributed by atoms with Gasteiger partial charge in [0.25, 0.3) is 5.91 Å². The van der Waals surface area contributed by atoms with Crippen LogP contribution in [0.25, 0.3) is 0 Å². The van der Waals surface area contributed by atoms with Crippen LogP contribution in [-0.2, 0) is 9.53 Å². The number of ether oxygens (including phenoxy) is 2. The lowest BCUT2D eigenvalue weighted by atomic mass is 10.1. The number of benzene rings is 1. The topological polar surface area (TPSA) is 64.6 Å². The van der Waals surface area contributed by atoms with E-state index in [1.165, 1.54) is 19.2 Å². The number of hydrogen-bond acceptors (Lipinski definition) is 4. The molecular weight excluding hydrogens is 270 g/mol. The van der Waals surface area contributed by atoms with Crippen LogP contribution in [0.2, 0.25) is 5.02 Å². The first-order valence-electron chi connectivity index (χ1n) is 5.80. The first kappa shape index (κ1) is 15.3. The van der Waals surface area contributed by atoms with E-state index in [9.17, 15) is 9.59 Å². The Labute approximate surface area is 116 Å². The average Bonchev–Trinajstić information content (AvgIpc) is 2.38. The number of carbonyl (C=O) groups is 2. The van der Waals surface area contributed by atoms with E-state index in [2.05, 4.69) is 5.32 Å². The molecule has 1 atom stereocenters. The number of esters is 1. The molecule has 0 radical (unpaired) electrons. The summed E-state index contributed by atoms with van der Waals surface area (Å²) in [6, 6.07) is 3.92. The predicted molar refractivity (Wildman–Crippen MR) is 71.6 cm³/mol. The zero-order valence-electron chi connectivity index (χ0n) is 11.0. The van der Waals surface area contributed by atoms with E-state index < -0.39 is 17.9 Å². The summed E-state index contributed by atoms with van der Waals surface area (Å²) in [5, 5.41) is 3.00. The van der Waals surface area contributed by atoms with Gasteiger partial charge in [0.05, 0.1) is 19.3 Å². The SMILES string of the molecule is CCOC(=O)C(C)NC(=O)c1ccc(Cl)cc1OC. The molecule has 0 aromatic heterocycles. The third-order valence-corrected chi connectivity index (χ3v) is 2.63. The summed E-state index contributed by atoms with van der Waals surface area (Å²) in [6.45, 7) is 3.52. The molecule has 5 nitrogen and oxygen atoms in total. The highest BCUT2D eigenvalue weighted by Crippen LogP contribution is 2.23. The third-order valence-electron chi connectivity index (χ3n) is 2.40. The van der Waals surface area contributed by atoms with Gasteiger partial charge < -0.3 is 14.8 Å². The summed E-state index contributed by atoms with van der Waals surface area (Å²) >= 11 is 5.81. The molecule has 6 heteroatoms. The normalized spacial score (nSPS) is 11.6. The van der Waals surface area contributed by atoms with Crippen molar-refractivity contribution in [2.45, 2.75) is 19.9 Å². The highest BCUT2D eigenvalue weighted by molar-refractivity contribution is 6.30. The number of halogens is 1. The number of carbonyl (C=O) groups excluding carboxylic acids is 2. The van der Waals surface area contributed by atoms with E-state index in [1.807, 2.05) is 0 Å². The Kier molecular flexibility index (Phi) is 5.63. The van der Waals surface area contributed by atoms with Crippen LogP contribution in [-0.4, -0.2) is 31.6 Å². The average molecular weight is 286 g/mol. The standard InChI is InChI=1S/C13H16ClNO4/c1-4-19-13(17)8(2)15-12(16)10-6-5-9(14)7-11(10)18-3/h5-8H,4H2,1-3H3,(H,15,16). The molecule has 1 unspecified atom stereocenters. The van der Waals surface area contributed by atoms with E-state index in [-0.39, 0.29) is 6.61 Å². The number of hydrogen-bond donors (Lipinski definition) is 1. The van der Waals surface area contributed by atoms with E-state index in [4.69, 9.17) is 21.1 Å².